The molecule has 2 atom stereocenters. The standard InChI is InChI=1S/C63H117NO3/c1-3-5-7-9-11-13-15-17-19-21-23-24-25-26-27-28-29-30-31-32-33-34-35-36-37-38-39-40-41-43-45-47-49-51-53-55-57-59-63(67)64-61(60-65)62(66)58-56-54-52-50-48-46-44-42-22-20-18-16-14-12-10-8-6-4-2/h5,7,11,13,17,19,23-24,26-27,61-62,65-66H,3-4,6,8-10,12,14-16,18,20-22,25,28-60H2,1-2H3,(H,64,67)/b7-5-,13-11-,19-17-,24-23-,27-26-. The molecule has 0 aliphatic rings. The van der Waals surface area contributed by atoms with Gasteiger partial charge in [-0.25, -0.2) is 0 Å². The summed E-state index contributed by atoms with van der Waals surface area (Å²) in [5, 5.41) is 23.3. The summed E-state index contributed by atoms with van der Waals surface area (Å²) in [6.45, 7) is 4.27. The molecule has 4 nitrogen and oxygen atoms in total. The molecule has 0 heterocycles. The smallest absolute Gasteiger partial charge is 0.220 e. The van der Waals surface area contributed by atoms with Crippen molar-refractivity contribution in [2.24, 2.45) is 0 Å². The molecule has 0 saturated carbocycles. The minimum absolute atomic E-state index is 0.0264. The maximum Gasteiger partial charge on any atom is 0.220 e. The van der Waals surface area contributed by atoms with Crippen LogP contribution in [0.5, 0.6) is 0 Å². The van der Waals surface area contributed by atoms with Gasteiger partial charge in [-0.15, -0.1) is 0 Å². The normalized spacial score (nSPS) is 13.2. The minimum Gasteiger partial charge on any atom is -0.394 e. The molecule has 0 aromatic rings. The van der Waals surface area contributed by atoms with E-state index in [1.165, 1.54) is 231 Å². The molecule has 0 rings (SSSR count). The second kappa shape index (κ2) is 58.4. The van der Waals surface area contributed by atoms with Crippen LogP contribution in [-0.4, -0.2) is 34.9 Å². The van der Waals surface area contributed by atoms with E-state index < -0.39 is 12.1 Å². The van der Waals surface area contributed by atoms with Gasteiger partial charge in [0.2, 0.25) is 5.91 Å². The van der Waals surface area contributed by atoms with E-state index in [1.807, 2.05) is 0 Å². The number of carbonyl (C=O) groups is 1. The summed E-state index contributed by atoms with van der Waals surface area (Å²) in [5.41, 5.74) is 0. The van der Waals surface area contributed by atoms with Crippen LogP contribution in [0.2, 0.25) is 0 Å². The Kier molecular flexibility index (Phi) is 56.7. The van der Waals surface area contributed by atoms with Crippen LogP contribution in [0.4, 0.5) is 0 Å². The number of rotatable bonds is 55. The van der Waals surface area contributed by atoms with Crippen molar-refractivity contribution in [3.8, 4) is 0 Å². The zero-order valence-corrected chi connectivity index (χ0v) is 45.2. The van der Waals surface area contributed by atoms with Crippen molar-refractivity contribution in [2.75, 3.05) is 6.61 Å². The monoisotopic (exact) mass is 936 g/mol. The molecular weight excluding hydrogens is 819 g/mol. The molecule has 0 aromatic heterocycles. The number of hydrogen-bond donors (Lipinski definition) is 3. The van der Waals surface area contributed by atoms with Gasteiger partial charge in [-0.2, -0.15) is 0 Å². The summed E-state index contributed by atoms with van der Waals surface area (Å²) in [7, 11) is 0. The van der Waals surface area contributed by atoms with Crippen LogP contribution < -0.4 is 5.32 Å². The van der Waals surface area contributed by atoms with E-state index >= 15 is 0 Å². The van der Waals surface area contributed by atoms with Gasteiger partial charge in [0.25, 0.3) is 0 Å². The Morgan fingerprint density at radius 1 is 0.373 bits per heavy atom. The molecule has 67 heavy (non-hydrogen) atoms. The molecule has 0 fully saturated rings. The van der Waals surface area contributed by atoms with Gasteiger partial charge >= 0.3 is 0 Å². The van der Waals surface area contributed by atoms with Crippen LogP contribution in [0.15, 0.2) is 60.8 Å². The number of allylic oxidation sites excluding steroid dienone is 10. The number of aliphatic hydroxyl groups is 2. The van der Waals surface area contributed by atoms with Gasteiger partial charge in [0.05, 0.1) is 18.8 Å². The van der Waals surface area contributed by atoms with E-state index in [4.69, 9.17) is 0 Å². The molecule has 1 amide bonds. The molecule has 0 bridgehead atoms. The van der Waals surface area contributed by atoms with Crippen LogP contribution in [-0.2, 0) is 4.79 Å². The Bertz CT molecular complexity index is 1110. The Morgan fingerprint density at radius 3 is 0.985 bits per heavy atom. The molecule has 4 heteroatoms. The average molecular weight is 937 g/mol. The summed E-state index contributed by atoms with van der Waals surface area (Å²) < 4.78 is 0. The minimum atomic E-state index is -0.659. The van der Waals surface area contributed by atoms with Crippen molar-refractivity contribution in [2.45, 2.75) is 328 Å². The lowest BCUT2D eigenvalue weighted by Crippen LogP contribution is -2.45. The molecule has 0 spiro atoms. The number of nitrogens with one attached hydrogen (secondary N) is 1. The number of amides is 1. The Morgan fingerprint density at radius 2 is 0.657 bits per heavy atom. The second-order valence-electron chi connectivity index (χ2n) is 20.4. The fourth-order valence-corrected chi connectivity index (χ4v) is 9.27. The van der Waals surface area contributed by atoms with E-state index in [0.717, 1.165) is 57.8 Å². The van der Waals surface area contributed by atoms with Gasteiger partial charge in [-0.1, -0.05) is 312 Å². The van der Waals surface area contributed by atoms with E-state index in [2.05, 4.69) is 79.9 Å². The van der Waals surface area contributed by atoms with Crippen molar-refractivity contribution < 1.29 is 15.0 Å². The first-order valence-electron chi connectivity index (χ1n) is 30.0. The molecular formula is C63H117NO3. The lowest BCUT2D eigenvalue weighted by Gasteiger charge is -2.22. The predicted molar refractivity (Wildman–Crippen MR) is 299 cm³/mol. The maximum atomic E-state index is 12.5. The highest BCUT2D eigenvalue weighted by Gasteiger charge is 2.20. The third-order valence-electron chi connectivity index (χ3n) is 13.8. The molecule has 2 unspecified atom stereocenters. The van der Waals surface area contributed by atoms with Crippen LogP contribution in [0.1, 0.15) is 316 Å². The SMILES string of the molecule is CC/C=C\C/C=C\C/C=C\C/C=C\C/C=C\CCCCCCCCCCCCCCCCCCCCCCCC(=O)NC(CO)C(O)CCCCCCCCCCCCCCCCCCCC. The largest absolute Gasteiger partial charge is 0.394 e. The Balaban J connectivity index is 3.41. The average Bonchev–Trinajstić information content (AvgIpc) is 3.33. The molecule has 0 saturated heterocycles. The first-order chi connectivity index (χ1) is 33.2. The van der Waals surface area contributed by atoms with Gasteiger partial charge in [0.1, 0.15) is 0 Å². The van der Waals surface area contributed by atoms with Crippen molar-refractivity contribution >= 4 is 5.91 Å². The molecule has 392 valence electrons. The summed E-state index contributed by atoms with van der Waals surface area (Å²) >= 11 is 0. The summed E-state index contributed by atoms with van der Waals surface area (Å²) in [6.07, 6.45) is 82.3. The third-order valence-corrected chi connectivity index (χ3v) is 13.8. The lowest BCUT2D eigenvalue weighted by molar-refractivity contribution is -0.123. The van der Waals surface area contributed by atoms with Crippen molar-refractivity contribution in [3.05, 3.63) is 60.8 Å². The summed E-state index contributed by atoms with van der Waals surface area (Å²) in [4.78, 5) is 12.5. The molecule has 0 radical (unpaired) electrons. The Hall–Kier alpha value is -1.91. The topological polar surface area (TPSA) is 69.6 Å². The van der Waals surface area contributed by atoms with Crippen LogP contribution in [0, 0.1) is 0 Å². The number of hydrogen-bond acceptors (Lipinski definition) is 3. The van der Waals surface area contributed by atoms with Gasteiger partial charge in [0.15, 0.2) is 0 Å². The van der Waals surface area contributed by atoms with Crippen molar-refractivity contribution in [1.29, 1.82) is 0 Å². The zero-order valence-electron chi connectivity index (χ0n) is 45.2. The van der Waals surface area contributed by atoms with Gasteiger partial charge in [-0.3, -0.25) is 4.79 Å². The Labute approximate surface area is 419 Å². The van der Waals surface area contributed by atoms with Gasteiger partial charge in [0, 0.05) is 6.42 Å². The summed E-state index contributed by atoms with van der Waals surface area (Å²) in [5.74, 6) is -0.0264. The molecule has 0 aliphatic carbocycles. The van der Waals surface area contributed by atoms with E-state index in [0.29, 0.717) is 12.8 Å². The van der Waals surface area contributed by atoms with E-state index in [9.17, 15) is 15.0 Å². The van der Waals surface area contributed by atoms with Crippen LogP contribution in [0.25, 0.3) is 0 Å². The number of carbonyl (C=O) groups excluding carboxylic acids is 1. The zero-order chi connectivity index (χ0) is 48.5. The van der Waals surface area contributed by atoms with Gasteiger partial charge in [-0.05, 0) is 57.8 Å². The first kappa shape index (κ1) is 65.1. The van der Waals surface area contributed by atoms with Crippen LogP contribution in [0.3, 0.4) is 0 Å². The van der Waals surface area contributed by atoms with E-state index in [1.54, 1.807) is 0 Å². The van der Waals surface area contributed by atoms with Gasteiger partial charge < -0.3 is 15.5 Å². The lowest BCUT2D eigenvalue weighted by atomic mass is 10.0. The highest BCUT2D eigenvalue weighted by atomic mass is 16.3. The highest BCUT2D eigenvalue weighted by molar-refractivity contribution is 5.76. The quantitative estimate of drug-likeness (QED) is 0.0420. The molecule has 0 aliphatic heterocycles. The molecule has 0 aromatic carbocycles. The van der Waals surface area contributed by atoms with Crippen molar-refractivity contribution in [1.82, 2.24) is 5.32 Å². The third kappa shape index (κ3) is 54.9. The second-order valence-corrected chi connectivity index (χ2v) is 20.4. The fraction of sp³-hybridized carbons (Fsp3) is 0.825. The highest BCUT2D eigenvalue weighted by Crippen LogP contribution is 2.18. The number of unbranched alkanes of at least 4 members (excludes halogenated alkanes) is 38. The van der Waals surface area contributed by atoms with Crippen LogP contribution >= 0.6 is 0 Å². The molecule has 3 N–H and O–H groups in total. The maximum absolute atomic E-state index is 12.5. The van der Waals surface area contributed by atoms with Crippen molar-refractivity contribution in [3.63, 3.8) is 0 Å². The fourth-order valence-electron chi connectivity index (χ4n) is 9.27. The van der Waals surface area contributed by atoms with E-state index in [-0.39, 0.29) is 12.5 Å². The first-order valence-corrected chi connectivity index (χ1v) is 30.0. The number of aliphatic hydroxyl groups excluding tert-OH is 2. The predicted octanol–water partition coefficient (Wildman–Crippen LogP) is 20.0. The summed E-state index contributed by atoms with van der Waals surface area (Å²) in [6, 6.07) is -0.536.